The van der Waals surface area contributed by atoms with Crippen LogP contribution in [0.15, 0.2) is 23.5 Å². The van der Waals surface area contributed by atoms with Crippen LogP contribution in [0.25, 0.3) is 11.4 Å². The van der Waals surface area contributed by atoms with Crippen molar-refractivity contribution in [3.05, 3.63) is 41.2 Å². The van der Waals surface area contributed by atoms with Gasteiger partial charge in [0, 0.05) is 47.5 Å². The molecule has 0 saturated heterocycles. The Balaban J connectivity index is 1.35. The van der Waals surface area contributed by atoms with E-state index in [0.29, 0.717) is 24.1 Å². The topological polar surface area (TPSA) is 116 Å². The number of nitrogens with zero attached hydrogens (tertiary/aromatic N) is 5. The summed E-state index contributed by atoms with van der Waals surface area (Å²) in [6.07, 6.45) is 9.18. The molecule has 0 radical (unpaired) electrons. The van der Waals surface area contributed by atoms with Gasteiger partial charge in [-0.15, -0.1) is 0 Å². The van der Waals surface area contributed by atoms with Crippen LogP contribution in [-0.4, -0.2) is 49.9 Å². The number of aromatic nitrogens is 5. The lowest BCUT2D eigenvalue weighted by molar-refractivity contribution is 0.423. The summed E-state index contributed by atoms with van der Waals surface area (Å²) >= 11 is 0. The van der Waals surface area contributed by atoms with E-state index in [1.165, 1.54) is 0 Å². The molecule has 3 aromatic heterocycles. The quantitative estimate of drug-likeness (QED) is 0.483. The van der Waals surface area contributed by atoms with Crippen molar-refractivity contribution < 1.29 is 4.39 Å². The molecule has 1 aliphatic heterocycles. The molecule has 10 heteroatoms. The Morgan fingerprint density at radius 1 is 1.09 bits per heavy atom. The van der Waals surface area contributed by atoms with Gasteiger partial charge in [0.2, 0.25) is 5.95 Å². The zero-order valence-corrected chi connectivity index (χ0v) is 18.1. The van der Waals surface area contributed by atoms with Crippen LogP contribution in [0.3, 0.4) is 0 Å². The summed E-state index contributed by atoms with van der Waals surface area (Å²) in [5, 5.41) is 9.92. The number of fused-ring (bicyclic) bond motifs is 1. The Kier molecular flexibility index (Phi) is 5.42. The van der Waals surface area contributed by atoms with Gasteiger partial charge in [-0.05, 0) is 45.6 Å². The van der Waals surface area contributed by atoms with E-state index in [-0.39, 0.29) is 17.9 Å². The molecule has 2 aliphatic rings. The molecule has 1 saturated carbocycles. The lowest BCUT2D eigenvalue weighted by atomic mass is 9.91. The molecule has 9 nitrogen and oxygen atoms in total. The second-order valence-electron chi connectivity index (χ2n) is 8.30. The Bertz CT molecular complexity index is 1160. The van der Waals surface area contributed by atoms with Crippen molar-refractivity contribution in [3.8, 4) is 11.4 Å². The normalized spacial score (nSPS) is 19.8. The number of rotatable bonds is 5. The summed E-state index contributed by atoms with van der Waals surface area (Å²) in [5.41, 5.74) is 2.91. The summed E-state index contributed by atoms with van der Waals surface area (Å²) in [6.45, 7) is 4.13. The standard InChI is InChI=1S/C22H26FN9/c1-12-6-7-25-22(28-12)31-15-5-3-4-14(8-15)30-21-18(23)13(2)29-20(32-21)17-10-26-19-16(17)9-24-11-27-19/h6-7,9-10,14-15,26-27H,3-5,8,11H2,1-2H3,(H,25,28,31)(H,29,30,32)/t14-,15+/m0/s1. The number of H-pyrrole nitrogens is 1. The highest BCUT2D eigenvalue weighted by Gasteiger charge is 2.25. The molecule has 2 atom stereocenters. The maximum atomic E-state index is 14.9. The predicted octanol–water partition coefficient (Wildman–Crippen LogP) is 3.65. The third kappa shape index (κ3) is 4.12. The number of aromatic amines is 1. The second kappa shape index (κ2) is 8.52. The highest BCUT2D eigenvalue weighted by atomic mass is 19.1. The van der Waals surface area contributed by atoms with Crippen LogP contribution >= 0.6 is 0 Å². The lowest BCUT2D eigenvalue weighted by Gasteiger charge is -2.31. The highest BCUT2D eigenvalue weighted by Crippen LogP contribution is 2.30. The number of aryl methyl sites for hydroxylation is 2. The zero-order valence-electron chi connectivity index (χ0n) is 18.1. The van der Waals surface area contributed by atoms with Crippen molar-refractivity contribution in [2.75, 3.05) is 22.6 Å². The molecule has 5 rings (SSSR count). The minimum absolute atomic E-state index is 0.0890. The maximum Gasteiger partial charge on any atom is 0.223 e. The second-order valence-corrected chi connectivity index (χ2v) is 8.30. The largest absolute Gasteiger partial charge is 0.365 e. The Morgan fingerprint density at radius 2 is 1.94 bits per heavy atom. The third-order valence-electron chi connectivity index (χ3n) is 5.89. The SMILES string of the molecule is Cc1ccnc(N[C@@H]2CCC[C@H](Nc3nc(-c4c[nH]c5c4C=NCN5)nc(C)c3F)C2)n1. The number of hydrogen-bond acceptors (Lipinski definition) is 8. The minimum Gasteiger partial charge on any atom is -0.365 e. The van der Waals surface area contributed by atoms with E-state index in [2.05, 4.69) is 45.9 Å². The maximum absolute atomic E-state index is 14.9. The smallest absolute Gasteiger partial charge is 0.223 e. The van der Waals surface area contributed by atoms with Gasteiger partial charge in [0.05, 0.1) is 5.69 Å². The number of anilines is 3. The molecule has 4 heterocycles. The van der Waals surface area contributed by atoms with E-state index in [9.17, 15) is 4.39 Å². The van der Waals surface area contributed by atoms with Crippen LogP contribution in [-0.2, 0) is 0 Å². The molecule has 0 amide bonds. The Hall–Kier alpha value is -3.56. The highest BCUT2D eigenvalue weighted by molar-refractivity contribution is 5.96. The molecule has 0 aromatic carbocycles. The first-order valence-electron chi connectivity index (χ1n) is 10.9. The van der Waals surface area contributed by atoms with Gasteiger partial charge in [0.1, 0.15) is 12.5 Å². The van der Waals surface area contributed by atoms with Gasteiger partial charge in [0.25, 0.3) is 0 Å². The van der Waals surface area contributed by atoms with Crippen LogP contribution < -0.4 is 16.0 Å². The van der Waals surface area contributed by atoms with Crippen molar-refractivity contribution in [1.29, 1.82) is 0 Å². The van der Waals surface area contributed by atoms with Crippen LogP contribution in [0.4, 0.5) is 22.0 Å². The number of nitrogens with one attached hydrogen (secondary N) is 4. The van der Waals surface area contributed by atoms with E-state index >= 15 is 0 Å². The van der Waals surface area contributed by atoms with Gasteiger partial charge < -0.3 is 20.9 Å². The van der Waals surface area contributed by atoms with Crippen LogP contribution in [0.2, 0.25) is 0 Å². The summed E-state index contributed by atoms with van der Waals surface area (Å²) < 4.78 is 14.9. The minimum atomic E-state index is -0.415. The first-order valence-corrected chi connectivity index (χ1v) is 10.9. The molecule has 3 aromatic rings. The Labute approximate surface area is 185 Å². The van der Waals surface area contributed by atoms with Gasteiger partial charge in [0.15, 0.2) is 17.5 Å². The molecule has 0 spiro atoms. The van der Waals surface area contributed by atoms with Gasteiger partial charge >= 0.3 is 0 Å². The molecule has 4 N–H and O–H groups in total. The lowest BCUT2D eigenvalue weighted by Crippen LogP contribution is -2.35. The summed E-state index contributed by atoms with van der Waals surface area (Å²) in [5.74, 6) is 1.80. The molecule has 0 bridgehead atoms. The van der Waals surface area contributed by atoms with Crippen LogP contribution in [0.5, 0.6) is 0 Å². The average molecular weight is 436 g/mol. The molecule has 32 heavy (non-hydrogen) atoms. The molecule has 0 unspecified atom stereocenters. The molecule has 166 valence electrons. The first-order chi connectivity index (χ1) is 15.6. The van der Waals surface area contributed by atoms with E-state index in [1.54, 1.807) is 19.3 Å². The van der Waals surface area contributed by atoms with Crippen molar-refractivity contribution in [2.45, 2.75) is 51.6 Å². The fourth-order valence-electron chi connectivity index (χ4n) is 4.28. The monoisotopic (exact) mass is 435 g/mol. The number of halogens is 1. The number of hydrogen-bond donors (Lipinski definition) is 4. The van der Waals surface area contributed by atoms with Crippen LogP contribution in [0, 0.1) is 19.7 Å². The van der Waals surface area contributed by atoms with Gasteiger partial charge in [-0.1, -0.05) is 0 Å². The van der Waals surface area contributed by atoms with Crippen molar-refractivity contribution in [3.63, 3.8) is 0 Å². The van der Waals surface area contributed by atoms with Gasteiger partial charge in [-0.25, -0.2) is 24.3 Å². The van der Waals surface area contributed by atoms with Gasteiger partial charge in [-0.3, -0.25) is 4.99 Å². The zero-order chi connectivity index (χ0) is 22.1. The number of aliphatic imine (C=N–C) groups is 1. The van der Waals surface area contributed by atoms with Crippen LogP contribution in [0.1, 0.15) is 42.6 Å². The van der Waals surface area contributed by atoms with E-state index in [1.807, 2.05) is 19.2 Å². The van der Waals surface area contributed by atoms with Crippen molar-refractivity contribution in [1.82, 2.24) is 24.9 Å². The fraction of sp³-hybridized carbons (Fsp3) is 0.409. The van der Waals surface area contributed by atoms with E-state index in [0.717, 1.165) is 48.3 Å². The molecule has 1 aliphatic carbocycles. The van der Waals surface area contributed by atoms with Gasteiger partial charge in [-0.2, -0.15) is 0 Å². The Morgan fingerprint density at radius 3 is 2.78 bits per heavy atom. The predicted molar refractivity (Wildman–Crippen MR) is 123 cm³/mol. The van der Waals surface area contributed by atoms with E-state index in [4.69, 9.17) is 0 Å². The summed E-state index contributed by atoms with van der Waals surface area (Å²) in [7, 11) is 0. The van der Waals surface area contributed by atoms with E-state index < -0.39 is 5.82 Å². The van der Waals surface area contributed by atoms with Crippen molar-refractivity contribution in [2.24, 2.45) is 4.99 Å². The first kappa shape index (κ1) is 20.3. The van der Waals surface area contributed by atoms with Crippen molar-refractivity contribution >= 4 is 23.8 Å². The third-order valence-corrected chi connectivity index (χ3v) is 5.89. The molecular formula is C22H26FN9. The molecule has 1 fully saturated rings. The fourth-order valence-corrected chi connectivity index (χ4v) is 4.28. The summed E-state index contributed by atoms with van der Waals surface area (Å²) in [6, 6.07) is 2.18. The average Bonchev–Trinajstić information content (AvgIpc) is 3.21. The molecular weight excluding hydrogens is 409 g/mol. The summed E-state index contributed by atoms with van der Waals surface area (Å²) in [4.78, 5) is 25.1.